The molecule has 4 aromatic rings. The van der Waals surface area contributed by atoms with Gasteiger partial charge in [-0.25, -0.2) is 0 Å². The lowest BCUT2D eigenvalue weighted by atomic mass is 10.0. The monoisotopic (exact) mass is 353 g/mol. The van der Waals surface area contributed by atoms with Crippen LogP contribution in [0.3, 0.4) is 0 Å². The van der Waals surface area contributed by atoms with Gasteiger partial charge in [0.1, 0.15) is 12.4 Å². The Morgan fingerprint density at radius 1 is 0.741 bits per heavy atom. The molecule has 0 aliphatic heterocycles. The molecule has 2 heteroatoms. The smallest absolute Gasteiger partial charge is 0.125 e. The number of para-hydroxylation sites is 1. The van der Waals surface area contributed by atoms with Gasteiger partial charge in [-0.3, -0.25) is 0 Å². The third-order valence-corrected chi connectivity index (χ3v) is 4.89. The summed E-state index contributed by atoms with van der Waals surface area (Å²) in [6.45, 7) is 3.41. The number of aryl methyl sites for hydroxylation is 1. The molecule has 0 amide bonds. The molecule has 0 atom stereocenters. The van der Waals surface area contributed by atoms with Crippen LogP contribution in [0.1, 0.15) is 16.7 Å². The van der Waals surface area contributed by atoms with E-state index >= 15 is 0 Å². The molecule has 0 fully saturated rings. The van der Waals surface area contributed by atoms with E-state index in [0.717, 1.165) is 11.4 Å². The summed E-state index contributed by atoms with van der Waals surface area (Å²) in [6, 6.07) is 31.3. The molecule has 0 radical (unpaired) electrons. The highest BCUT2D eigenvalue weighted by atomic mass is 16.5. The minimum atomic E-state index is 0.573. The predicted octanol–water partition coefficient (Wildman–Crippen LogP) is 6.34. The summed E-state index contributed by atoms with van der Waals surface area (Å²) in [4.78, 5) is 0. The van der Waals surface area contributed by atoms with Crippen LogP contribution in [0.2, 0.25) is 0 Å². The van der Waals surface area contributed by atoms with Crippen LogP contribution in [0.15, 0.2) is 91.0 Å². The molecule has 0 saturated heterocycles. The first-order valence-corrected chi connectivity index (χ1v) is 9.28. The van der Waals surface area contributed by atoms with Crippen LogP contribution < -0.4 is 10.1 Å². The van der Waals surface area contributed by atoms with Crippen molar-refractivity contribution in [2.24, 2.45) is 0 Å². The van der Waals surface area contributed by atoms with E-state index in [4.69, 9.17) is 4.74 Å². The zero-order valence-corrected chi connectivity index (χ0v) is 15.5. The van der Waals surface area contributed by atoms with E-state index in [2.05, 4.69) is 85.0 Å². The van der Waals surface area contributed by atoms with Gasteiger partial charge in [-0.2, -0.15) is 0 Å². The van der Waals surface area contributed by atoms with Crippen LogP contribution >= 0.6 is 0 Å². The van der Waals surface area contributed by atoms with Crippen LogP contribution in [0, 0.1) is 6.92 Å². The summed E-state index contributed by atoms with van der Waals surface area (Å²) in [7, 11) is 0. The Morgan fingerprint density at radius 3 is 2.33 bits per heavy atom. The SMILES string of the molecule is Cc1ccccc1COc1ccc2ccccc2c1CNc1ccccc1. The topological polar surface area (TPSA) is 21.3 Å². The lowest BCUT2D eigenvalue weighted by Gasteiger charge is -2.16. The fourth-order valence-electron chi connectivity index (χ4n) is 3.31. The summed E-state index contributed by atoms with van der Waals surface area (Å²) in [6.07, 6.45) is 0. The first kappa shape index (κ1) is 17.2. The van der Waals surface area contributed by atoms with E-state index in [1.54, 1.807) is 0 Å². The summed E-state index contributed by atoms with van der Waals surface area (Å²) in [5, 5.41) is 5.98. The maximum atomic E-state index is 6.26. The molecule has 0 spiro atoms. The Labute approximate surface area is 160 Å². The molecule has 0 aliphatic carbocycles. The number of ether oxygens (including phenoxy) is 1. The fraction of sp³-hybridized carbons (Fsp3) is 0.120. The largest absolute Gasteiger partial charge is 0.489 e. The molecule has 4 rings (SSSR count). The molecule has 0 aliphatic rings. The third-order valence-electron chi connectivity index (χ3n) is 4.89. The fourth-order valence-corrected chi connectivity index (χ4v) is 3.31. The van der Waals surface area contributed by atoms with Crippen molar-refractivity contribution in [1.29, 1.82) is 0 Å². The molecule has 0 saturated carbocycles. The third kappa shape index (κ3) is 3.95. The van der Waals surface area contributed by atoms with Gasteiger partial charge in [0, 0.05) is 17.8 Å². The number of rotatable bonds is 6. The van der Waals surface area contributed by atoms with Gasteiger partial charge in [0.2, 0.25) is 0 Å². The van der Waals surface area contributed by atoms with Gasteiger partial charge in [-0.1, -0.05) is 72.8 Å². The van der Waals surface area contributed by atoms with E-state index < -0.39 is 0 Å². The van der Waals surface area contributed by atoms with Crippen LogP contribution in [0.5, 0.6) is 5.75 Å². The molecular weight excluding hydrogens is 330 g/mol. The van der Waals surface area contributed by atoms with Crippen molar-refractivity contribution in [2.45, 2.75) is 20.1 Å². The van der Waals surface area contributed by atoms with Crippen LogP contribution in [-0.4, -0.2) is 0 Å². The summed E-state index contributed by atoms with van der Waals surface area (Å²) in [5.74, 6) is 0.931. The molecule has 1 N–H and O–H groups in total. The number of benzene rings is 4. The van der Waals surface area contributed by atoms with Gasteiger partial charge in [0.15, 0.2) is 0 Å². The average Bonchev–Trinajstić information content (AvgIpc) is 2.72. The zero-order valence-electron chi connectivity index (χ0n) is 15.5. The maximum Gasteiger partial charge on any atom is 0.125 e. The molecule has 2 nitrogen and oxygen atoms in total. The second-order valence-electron chi connectivity index (χ2n) is 6.70. The maximum absolute atomic E-state index is 6.26. The highest BCUT2D eigenvalue weighted by Crippen LogP contribution is 2.30. The number of nitrogens with one attached hydrogen (secondary N) is 1. The molecular formula is C25H23NO. The van der Waals surface area contributed by atoms with Crippen LogP contribution in [-0.2, 0) is 13.2 Å². The number of fused-ring (bicyclic) bond motifs is 1. The van der Waals surface area contributed by atoms with Crippen molar-refractivity contribution >= 4 is 16.5 Å². The van der Waals surface area contributed by atoms with E-state index in [1.807, 2.05) is 18.2 Å². The van der Waals surface area contributed by atoms with Gasteiger partial charge in [0.25, 0.3) is 0 Å². The Hall–Kier alpha value is -3.26. The highest BCUT2D eigenvalue weighted by Gasteiger charge is 2.10. The van der Waals surface area contributed by atoms with Gasteiger partial charge in [-0.15, -0.1) is 0 Å². The summed E-state index contributed by atoms with van der Waals surface area (Å²) < 4.78 is 6.26. The first-order valence-electron chi connectivity index (χ1n) is 9.28. The van der Waals surface area contributed by atoms with Gasteiger partial charge in [0.05, 0.1) is 0 Å². The van der Waals surface area contributed by atoms with Crippen LogP contribution in [0.4, 0.5) is 5.69 Å². The Balaban J connectivity index is 1.63. The molecule has 0 aromatic heterocycles. The lowest BCUT2D eigenvalue weighted by Crippen LogP contribution is -2.05. The normalized spacial score (nSPS) is 10.7. The molecule has 134 valence electrons. The van der Waals surface area contributed by atoms with Crippen molar-refractivity contribution in [1.82, 2.24) is 0 Å². The average molecular weight is 353 g/mol. The Bertz CT molecular complexity index is 1040. The molecule has 0 heterocycles. The van der Waals surface area contributed by atoms with E-state index in [-0.39, 0.29) is 0 Å². The molecule has 0 unspecified atom stereocenters. The zero-order chi connectivity index (χ0) is 18.5. The highest BCUT2D eigenvalue weighted by molar-refractivity contribution is 5.88. The number of anilines is 1. The summed E-state index contributed by atoms with van der Waals surface area (Å²) >= 11 is 0. The van der Waals surface area contributed by atoms with Crippen molar-refractivity contribution < 1.29 is 4.74 Å². The Kier molecular flexibility index (Phi) is 5.06. The van der Waals surface area contributed by atoms with Crippen molar-refractivity contribution in [3.8, 4) is 5.75 Å². The lowest BCUT2D eigenvalue weighted by molar-refractivity contribution is 0.303. The second kappa shape index (κ2) is 7.96. The summed E-state index contributed by atoms with van der Waals surface area (Å²) in [5.41, 5.74) is 4.76. The van der Waals surface area contributed by atoms with Crippen molar-refractivity contribution in [3.05, 3.63) is 108 Å². The minimum absolute atomic E-state index is 0.573. The van der Waals surface area contributed by atoms with Gasteiger partial charge in [-0.05, 0) is 47.0 Å². The number of hydrogen-bond donors (Lipinski definition) is 1. The van der Waals surface area contributed by atoms with Crippen LogP contribution in [0.25, 0.3) is 10.8 Å². The predicted molar refractivity (Wildman–Crippen MR) is 113 cm³/mol. The quantitative estimate of drug-likeness (QED) is 0.437. The minimum Gasteiger partial charge on any atom is -0.489 e. The van der Waals surface area contributed by atoms with Crippen molar-refractivity contribution in [2.75, 3.05) is 5.32 Å². The number of hydrogen-bond acceptors (Lipinski definition) is 2. The van der Waals surface area contributed by atoms with E-state index in [0.29, 0.717) is 13.2 Å². The Morgan fingerprint density at radius 2 is 1.48 bits per heavy atom. The standard InChI is InChI=1S/C25H23NO/c1-19-9-5-6-11-21(19)18-27-25-16-15-20-10-7-8-14-23(20)24(25)17-26-22-12-3-2-4-13-22/h2-16,26H,17-18H2,1H3. The van der Waals surface area contributed by atoms with Gasteiger partial charge >= 0.3 is 0 Å². The van der Waals surface area contributed by atoms with Gasteiger partial charge < -0.3 is 10.1 Å². The van der Waals surface area contributed by atoms with E-state index in [9.17, 15) is 0 Å². The van der Waals surface area contributed by atoms with Crippen molar-refractivity contribution in [3.63, 3.8) is 0 Å². The second-order valence-corrected chi connectivity index (χ2v) is 6.70. The molecule has 4 aromatic carbocycles. The van der Waals surface area contributed by atoms with E-state index in [1.165, 1.54) is 27.5 Å². The molecule has 27 heavy (non-hydrogen) atoms. The first-order chi connectivity index (χ1) is 13.3. The molecule has 0 bridgehead atoms.